The number of phenols is 1. The lowest BCUT2D eigenvalue weighted by Crippen LogP contribution is -2.18. The number of aromatic hydroxyl groups is 1. The summed E-state index contributed by atoms with van der Waals surface area (Å²) in [6.45, 7) is 0. The van der Waals surface area contributed by atoms with Crippen molar-refractivity contribution in [1.29, 1.82) is 0 Å². The molecule has 2 aromatic carbocycles. The minimum atomic E-state index is -3.82. The predicted molar refractivity (Wildman–Crippen MR) is 91.7 cm³/mol. The van der Waals surface area contributed by atoms with Gasteiger partial charge in [-0.25, -0.2) is 4.83 Å². The monoisotopic (exact) mass is 418 g/mol. The molecule has 0 heterocycles. The second kappa shape index (κ2) is 7.20. The van der Waals surface area contributed by atoms with Gasteiger partial charge in [0.2, 0.25) is 0 Å². The topological polar surface area (TPSA) is 88.0 Å². The summed E-state index contributed by atoms with van der Waals surface area (Å²) >= 11 is 8.98. The Morgan fingerprint density at radius 2 is 1.96 bits per heavy atom. The van der Waals surface area contributed by atoms with Gasteiger partial charge >= 0.3 is 0 Å². The van der Waals surface area contributed by atoms with Crippen molar-refractivity contribution in [2.24, 2.45) is 5.10 Å². The largest absolute Gasteiger partial charge is 0.504 e. The van der Waals surface area contributed by atoms with Crippen LogP contribution in [0.5, 0.6) is 11.5 Å². The fraction of sp³-hybridized carbons (Fsp3) is 0.0714. The Balaban J connectivity index is 2.22. The van der Waals surface area contributed by atoms with Crippen LogP contribution in [0.15, 0.2) is 50.9 Å². The van der Waals surface area contributed by atoms with E-state index in [1.165, 1.54) is 37.6 Å². The quantitative estimate of drug-likeness (QED) is 0.576. The number of nitrogens with one attached hydrogen (secondary N) is 1. The minimum absolute atomic E-state index is 0.0232. The van der Waals surface area contributed by atoms with Crippen LogP contribution < -0.4 is 9.57 Å². The molecule has 0 unspecified atom stereocenters. The third-order valence-electron chi connectivity index (χ3n) is 2.79. The molecule has 2 N–H and O–H groups in total. The van der Waals surface area contributed by atoms with E-state index in [1.54, 1.807) is 12.1 Å². The molecule has 0 aliphatic heterocycles. The molecular formula is C14H12BrClN2O4S. The summed E-state index contributed by atoms with van der Waals surface area (Å²) < 4.78 is 29.7. The van der Waals surface area contributed by atoms with Crippen molar-refractivity contribution in [3.63, 3.8) is 0 Å². The third-order valence-corrected chi connectivity index (χ3v) is 4.74. The SMILES string of the molecule is COc1cc(Br)cc(/C=N/NS(=O)(=O)c2ccc(Cl)cc2)c1O. The first-order valence-corrected chi connectivity index (χ1v) is 8.86. The number of methoxy groups -OCH3 is 1. The van der Waals surface area contributed by atoms with E-state index >= 15 is 0 Å². The Morgan fingerprint density at radius 1 is 1.30 bits per heavy atom. The van der Waals surface area contributed by atoms with Crippen molar-refractivity contribution < 1.29 is 18.3 Å². The molecule has 23 heavy (non-hydrogen) atoms. The lowest BCUT2D eigenvalue weighted by atomic mass is 10.2. The maximum Gasteiger partial charge on any atom is 0.276 e. The molecule has 0 fully saturated rings. The highest BCUT2D eigenvalue weighted by atomic mass is 79.9. The van der Waals surface area contributed by atoms with Gasteiger partial charge in [0.15, 0.2) is 11.5 Å². The number of hydrogen-bond donors (Lipinski definition) is 2. The number of ether oxygens (including phenoxy) is 1. The van der Waals surface area contributed by atoms with E-state index in [4.69, 9.17) is 16.3 Å². The molecule has 0 amide bonds. The molecule has 6 nitrogen and oxygen atoms in total. The van der Waals surface area contributed by atoms with Crippen molar-refractivity contribution in [2.45, 2.75) is 4.90 Å². The molecule has 122 valence electrons. The fourth-order valence-corrected chi connectivity index (χ4v) is 3.05. The van der Waals surface area contributed by atoms with Crippen LogP contribution in [0.25, 0.3) is 0 Å². The van der Waals surface area contributed by atoms with Gasteiger partial charge in [0.25, 0.3) is 10.0 Å². The lowest BCUT2D eigenvalue weighted by molar-refractivity contribution is 0.373. The van der Waals surface area contributed by atoms with Gasteiger partial charge in [0, 0.05) is 15.1 Å². The van der Waals surface area contributed by atoms with Gasteiger partial charge in [-0.15, -0.1) is 0 Å². The Labute approximate surface area is 146 Å². The minimum Gasteiger partial charge on any atom is -0.504 e. The first-order chi connectivity index (χ1) is 10.8. The maximum atomic E-state index is 12.0. The standard InChI is InChI=1S/C14H12BrClN2O4S/c1-22-13-7-10(15)6-9(14(13)19)8-17-18-23(20,21)12-4-2-11(16)3-5-12/h2-8,18-19H,1H3/b17-8+. The fourth-order valence-electron chi connectivity index (χ4n) is 1.68. The van der Waals surface area contributed by atoms with Crippen LogP contribution in [0.3, 0.4) is 0 Å². The van der Waals surface area contributed by atoms with E-state index in [2.05, 4.69) is 25.9 Å². The molecule has 0 aromatic heterocycles. The molecule has 0 aliphatic carbocycles. The second-order valence-electron chi connectivity index (χ2n) is 4.35. The summed E-state index contributed by atoms with van der Waals surface area (Å²) in [5, 5.41) is 14.0. The zero-order valence-electron chi connectivity index (χ0n) is 11.8. The predicted octanol–water partition coefficient (Wildman–Crippen LogP) is 3.13. The summed E-state index contributed by atoms with van der Waals surface area (Å²) in [7, 11) is -2.41. The number of halogens is 2. The number of hydrogen-bond acceptors (Lipinski definition) is 5. The van der Waals surface area contributed by atoms with Gasteiger partial charge in [-0.2, -0.15) is 13.5 Å². The number of phenolic OH excluding ortho intramolecular Hbond substituents is 1. The number of benzene rings is 2. The molecule has 0 bridgehead atoms. The molecule has 0 aliphatic rings. The van der Waals surface area contributed by atoms with E-state index in [9.17, 15) is 13.5 Å². The van der Waals surface area contributed by atoms with Gasteiger partial charge in [0.1, 0.15) is 0 Å². The highest BCUT2D eigenvalue weighted by Crippen LogP contribution is 2.32. The van der Waals surface area contributed by atoms with Crippen LogP contribution in [0.2, 0.25) is 5.02 Å². The molecule has 2 rings (SSSR count). The Morgan fingerprint density at radius 3 is 2.57 bits per heavy atom. The van der Waals surface area contributed by atoms with Gasteiger partial charge in [-0.3, -0.25) is 0 Å². The molecule has 9 heteroatoms. The van der Waals surface area contributed by atoms with Crippen molar-refractivity contribution in [3.05, 3.63) is 51.5 Å². The van der Waals surface area contributed by atoms with Crippen molar-refractivity contribution in [3.8, 4) is 11.5 Å². The number of sulfonamides is 1. The first-order valence-electron chi connectivity index (χ1n) is 6.20. The summed E-state index contributed by atoms with van der Waals surface area (Å²) in [4.78, 5) is 2.08. The highest BCUT2D eigenvalue weighted by Gasteiger charge is 2.13. The Hall–Kier alpha value is -1.77. The van der Waals surface area contributed by atoms with E-state index in [0.29, 0.717) is 9.50 Å². The molecular weight excluding hydrogens is 408 g/mol. The third kappa shape index (κ3) is 4.37. The number of hydrazone groups is 1. The van der Waals surface area contributed by atoms with Crippen LogP contribution in [0.1, 0.15) is 5.56 Å². The second-order valence-corrected chi connectivity index (χ2v) is 7.37. The van der Waals surface area contributed by atoms with Crippen LogP contribution in [-0.4, -0.2) is 26.8 Å². The molecule has 0 saturated heterocycles. The van der Waals surface area contributed by atoms with Gasteiger partial charge in [0.05, 0.1) is 18.2 Å². The Kier molecular flexibility index (Phi) is 5.51. The highest BCUT2D eigenvalue weighted by molar-refractivity contribution is 9.10. The summed E-state index contributed by atoms with van der Waals surface area (Å²) in [5.74, 6) is 0.0894. The molecule has 2 aromatic rings. The average Bonchev–Trinajstić information content (AvgIpc) is 2.50. The molecule has 0 radical (unpaired) electrons. The normalized spacial score (nSPS) is 11.6. The molecule has 0 spiro atoms. The summed E-state index contributed by atoms with van der Waals surface area (Å²) in [6.07, 6.45) is 1.18. The van der Waals surface area contributed by atoms with Crippen LogP contribution in [0.4, 0.5) is 0 Å². The van der Waals surface area contributed by atoms with E-state index in [1.807, 2.05) is 0 Å². The smallest absolute Gasteiger partial charge is 0.276 e. The van der Waals surface area contributed by atoms with Crippen molar-refractivity contribution in [2.75, 3.05) is 7.11 Å². The lowest BCUT2D eigenvalue weighted by Gasteiger charge is -2.07. The first kappa shape index (κ1) is 17.6. The number of nitrogens with zero attached hydrogens (tertiary/aromatic N) is 1. The zero-order chi connectivity index (χ0) is 17.0. The summed E-state index contributed by atoms with van der Waals surface area (Å²) in [5.41, 5.74) is 0.287. The van der Waals surface area contributed by atoms with Crippen LogP contribution >= 0.6 is 27.5 Å². The van der Waals surface area contributed by atoms with Gasteiger partial charge in [-0.1, -0.05) is 27.5 Å². The average molecular weight is 420 g/mol. The van der Waals surface area contributed by atoms with Crippen molar-refractivity contribution >= 4 is 43.8 Å². The Bertz CT molecular complexity index is 839. The van der Waals surface area contributed by atoms with Gasteiger partial charge < -0.3 is 9.84 Å². The molecule has 0 atom stereocenters. The van der Waals surface area contributed by atoms with Crippen LogP contribution in [-0.2, 0) is 10.0 Å². The van der Waals surface area contributed by atoms with Crippen molar-refractivity contribution in [1.82, 2.24) is 4.83 Å². The van der Waals surface area contributed by atoms with Crippen LogP contribution in [0, 0.1) is 0 Å². The van der Waals surface area contributed by atoms with E-state index < -0.39 is 10.0 Å². The molecule has 0 saturated carbocycles. The van der Waals surface area contributed by atoms with Gasteiger partial charge in [-0.05, 0) is 36.4 Å². The van der Waals surface area contributed by atoms with E-state index in [0.717, 1.165) is 0 Å². The van der Waals surface area contributed by atoms with E-state index in [-0.39, 0.29) is 22.0 Å². The number of rotatable bonds is 5. The zero-order valence-corrected chi connectivity index (χ0v) is 15.0. The maximum absolute atomic E-state index is 12.0. The summed E-state index contributed by atoms with van der Waals surface area (Å²) in [6, 6.07) is 8.79.